The standard InChI is InChI=1S/C7H10N2O2/c1-6-8-4-7(5-9-6)11-3-2-10/h4-5,10H,2-3H2,1H3. The Morgan fingerprint density at radius 2 is 2.09 bits per heavy atom. The summed E-state index contributed by atoms with van der Waals surface area (Å²) in [5.41, 5.74) is 0. The molecule has 1 aromatic heterocycles. The van der Waals surface area contributed by atoms with E-state index in [0.717, 1.165) is 0 Å². The van der Waals surface area contributed by atoms with Crippen molar-refractivity contribution in [2.75, 3.05) is 13.2 Å². The van der Waals surface area contributed by atoms with Crippen molar-refractivity contribution in [2.24, 2.45) is 0 Å². The van der Waals surface area contributed by atoms with Crippen molar-refractivity contribution >= 4 is 0 Å². The number of nitrogens with zero attached hydrogens (tertiary/aromatic N) is 2. The van der Waals surface area contributed by atoms with Gasteiger partial charge >= 0.3 is 0 Å². The maximum atomic E-state index is 8.42. The molecule has 0 aliphatic carbocycles. The van der Waals surface area contributed by atoms with Gasteiger partial charge < -0.3 is 9.84 Å². The third kappa shape index (κ3) is 2.51. The number of aliphatic hydroxyl groups is 1. The van der Waals surface area contributed by atoms with Crippen molar-refractivity contribution in [1.82, 2.24) is 9.97 Å². The zero-order valence-corrected chi connectivity index (χ0v) is 6.32. The number of rotatable bonds is 3. The van der Waals surface area contributed by atoms with Crippen LogP contribution >= 0.6 is 0 Å². The fourth-order valence-corrected chi connectivity index (χ4v) is 0.619. The van der Waals surface area contributed by atoms with Crippen LogP contribution in [0.1, 0.15) is 5.82 Å². The lowest BCUT2D eigenvalue weighted by atomic mass is 10.5. The molecule has 4 nitrogen and oxygen atoms in total. The molecule has 0 unspecified atom stereocenters. The van der Waals surface area contributed by atoms with Gasteiger partial charge in [0.05, 0.1) is 19.0 Å². The molecule has 1 rings (SSSR count). The minimum absolute atomic E-state index is 0.00781. The largest absolute Gasteiger partial charge is 0.488 e. The Labute approximate surface area is 64.9 Å². The zero-order valence-electron chi connectivity index (χ0n) is 6.32. The lowest BCUT2D eigenvalue weighted by Gasteiger charge is -2.01. The van der Waals surface area contributed by atoms with Crippen LogP contribution in [0, 0.1) is 6.92 Å². The number of hydrogen-bond acceptors (Lipinski definition) is 4. The molecule has 0 aliphatic heterocycles. The molecular formula is C7H10N2O2. The van der Waals surface area contributed by atoms with Gasteiger partial charge in [-0.1, -0.05) is 0 Å². The summed E-state index contributed by atoms with van der Waals surface area (Å²) < 4.78 is 5.04. The van der Waals surface area contributed by atoms with Crippen molar-refractivity contribution in [3.8, 4) is 5.75 Å². The predicted octanol–water partition coefficient (Wildman–Crippen LogP) is 0.156. The Bertz CT molecular complexity index is 210. The van der Waals surface area contributed by atoms with Gasteiger partial charge in [-0.2, -0.15) is 0 Å². The Morgan fingerprint density at radius 1 is 1.45 bits per heavy atom. The molecule has 0 amide bonds. The van der Waals surface area contributed by atoms with Crippen molar-refractivity contribution in [1.29, 1.82) is 0 Å². The quantitative estimate of drug-likeness (QED) is 0.673. The van der Waals surface area contributed by atoms with Gasteiger partial charge in [-0.25, -0.2) is 9.97 Å². The second-order valence-corrected chi connectivity index (χ2v) is 2.04. The Hall–Kier alpha value is -1.16. The van der Waals surface area contributed by atoms with Crippen LogP contribution in [0.4, 0.5) is 0 Å². The van der Waals surface area contributed by atoms with Crippen molar-refractivity contribution in [2.45, 2.75) is 6.92 Å². The van der Waals surface area contributed by atoms with E-state index >= 15 is 0 Å². The van der Waals surface area contributed by atoms with E-state index in [2.05, 4.69) is 9.97 Å². The van der Waals surface area contributed by atoms with Gasteiger partial charge in [0.2, 0.25) is 0 Å². The minimum Gasteiger partial charge on any atom is -0.488 e. The van der Waals surface area contributed by atoms with E-state index in [-0.39, 0.29) is 13.2 Å². The van der Waals surface area contributed by atoms with Gasteiger partial charge in [0, 0.05) is 0 Å². The van der Waals surface area contributed by atoms with E-state index in [1.165, 1.54) is 0 Å². The van der Waals surface area contributed by atoms with Gasteiger partial charge in [-0.3, -0.25) is 0 Å². The summed E-state index contributed by atoms with van der Waals surface area (Å²) in [7, 11) is 0. The fraction of sp³-hybridized carbons (Fsp3) is 0.429. The Balaban J connectivity index is 2.52. The van der Waals surface area contributed by atoms with Crippen LogP contribution in [-0.2, 0) is 0 Å². The lowest BCUT2D eigenvalue weighted by molar-refractivity contribution is 0.200. The average molecular weight is 154 g/mol. The number of hydrogen-bond donors (Lipinski definition) is 1. The molecule has 0 spiro atoms. The van der Waals surface area contributed by atoms with E-state index in [1.807, 2.05) is 0 Å². The number of aromatic nitrogens is 2. The molecule has 60 valence electrons. The molecule has 0 aliphatic rings. The van der Waals surface area contributed by atoms with Crippen LogP contribution in [0.5, 0.6) is 5.75 Å². The van der Waals surface area contributed by atoms with Gasteiger partial charge in [0.25, 0.3) is 0 Å². The monoisotopic (exact) mass is 154 g/mol. The molecule has 1 heterocycles. The van der Waals surface area contributed by atoms with E-state index < -0.39 is 0 Å². The van der Waals surface area contributed by atoms with Crippen molar-refractivity contribution in [3.05, 3.63) is 18.2 Å². The summed E-state index contributed by atoms with van der Waals surface area (Å²) in [5.74, 6) is 1.30. The number of aryl methyl sites for hydroxylation is 1. The van der Waals surface area contributed by atoms with E-state index in [0.29, 0.717) is 11.6 Å². The number of ether oxygens (including phenoxy) is 1. The SMILES string of the molecule is Cc1ncc(OCCO)cn1. The summed E-state index contributed by atoms with van der Waals surface area (Å²) >= 11 is 0. The highest BCUT2D eigenvalue weighted by Gasteiger charge is 1.92. The first-order chi connectivity index (χ1) is 5.33. The minimum atomic E-state index is 0.00781. The van der Waals surface area contributed by atoms with Gasteiger partial charge in [-0.15, -0.1) is 0 Å². The maximum Gasteiger partial charge on any atom is 0.156 e. The highest BCUT2D eigenvalue weighted by atomic mass is 16.5. The van der Waals surface area contributed by atoms with Crippen molar-refractivity contribution < 1.29 is 9.84 Å². The predicted molar refractivity (Wildman–Crippen MR) is 39.3 cm³/mol. The van der Waals surface area contributed by atoms with Crippen LogP contribution in [-0.4, -0.2) is 28.3 Å². The molecule has 0 saturated heterocycles. The van der Waals surface area contributed by atoms with E-state index in [4.69, 9.17) is 9.84 Å². The molecule has 0 atom stereocenters. The summed E-state index contributed by atoms with van der Waals surface area (Å²) in [6.45, 7) is 2.09. The van der Waals surface area contributed by atoms with Gasteiger partial charge in [0.1, 0.15) is 12.4 Å². The molecule has 0 bridgehead atoms. The topological polar surface area (TPSA) is 55.2 Å². The van der Waals surface area contributed by atoms with Gasteiger partial charge in [-0.05, 0) is 6.92 Å². The average Bonchev–Trinajstić information content (AvgIpc) is 2.04. The molecule has 11 heavy (non-hydrogen) atoms. The fourth-order valence-electron chi connectivity index (χ4n) is 0.619. The highest BCUT2D eigenvalue weighted by molar-refractivity contribution is 5.11. The Morgan fingerprint density at radius 3 is 2.64 bits per heavy atom. The molecule has 1 N–H and O–H groups in total. The maximum absolute atomic E-state index is 8.42. The summed E-state index contributed by atoms with van der Waals surface area (Å²) in [4.78, 5) is 7.83. The molecule has 1 aromatic rings. The van der Waals surface area contributed by atoms with Crippen LogP contribution in [0.25, 0.3) is 0 Å². The summed E-state index contributed by atoms with van der Waals surface area (Å²) in [6.07, 6.45) is 3.16. The molecule has 4 heteroatoms. The first-order valence-corrected chi connectivity index (χ1v) is 3.35. The molecule has 0 radical (unpaired) electrons. The Kier molecular flexibility index (Phi) is 2.80. The smallest absolute Gasteiger partial charge is 0.156 e. The summed E-state index contributed by atoms with van der Waals surface area (Å²) in [6, 6.07) is 0. The zero-order chi connectivity index (χ0) is 8.10. The second-order valence-electron chi connectivity index (χ2n) is 2.04. The first kappa shape index (κ1) is 7.94. The van der Waals surface area contributed by atoms with Gasteiger partial charge in [0.15, 0.2) is 5.75 Å². The summed E-state index contributed by atoms with van der Waals surface area (Å²) in [5, 5.41) is 8.42. The molecular weight excluding hydrogens is 144 g/mol. The molecule has 0 aromatic carbocycles. The van der Waals surface area contributed by atoms with E-state index in [9.17, 15) is 0 Å². The van der Waals surface area contributed by atoms with E-state index in [1.54, 1.807) is 19.3 Å². The van der Waals surface area contributed by atoms with Crippen LogP contribution in [0.2, 0.25) is 0 Å². The molecule has 0 saturated carbocycles. The second kappa shape index (κ2) is 3.88. The van der Waals surface area contributed by atoms with Crippen LogP contribution in [0.15, 0.2) is 12.4 Å². The van der Waals surface area contributed by atoms with Crippen LogP contribution < -0.4 is 4.74 Å². The third-order valence-corrected chi connectivity index (χ3v) is 1.12. The number of aliphatic hydroxyl groups excluding tert-OH is 1. The lowest BCUT2D eigenvalue weighted by Crippen LogP contribution is -2.02. The van der Waals surface area contributed by atoms with Crippen molar-refractivity contribution in [3.63, 3.8) is 0 Å². The normalized spacial score (nSPS) is 9.64. The highest BCUT2D eigenvalue weighted by Crippen LogP contribution is 2.04. The van der Waals surface area contributed by atoms with Crippen LogP contribution in [0.3, 0.4) is 0 Å². The first-order valence-electron chi connectivity index (χ1n) is 3.35. The molecule has 0 fully saturated rings. The third-order valence-electron chi connectivity index (χ3n) is 1.12.